The van der Waals surface area contributed by atoms with Crippen LogP contribution in [-0.4, -0.2) is 34.3 Å². The molecule has 0 radical (unpaired) electrons. The van der Waals surface area contributed by atoms with Crippen LogP contribution in [0.4, 0.5) is 0 Å². The van der Waals surface area contributed by atoms with Crippen molar-refractivity contribution < 1.29 is 9.59 Å². The van der Waals surface area contributed by atoms with Crippen LogP contribution in [0.15, 0.2) is 24.3 Å². The predicted octanol–water partition coefficient (Wildman–Crippen LogP) is 2.17. The Morgan fingerprint density at radius 3 is 2.91 bits per heavy atom. The maximum absolute atomic E-state index is 12.2. The molecule has 5 nitrogen and oxygen atoms in total. The molecule has 1 saturated heterocycles. The summed E-state index contributed by atoms with van der Waals surface area (Å²) in [6.07, 6.45) is 0.309. The number of carbonyl (C=O) groups is 2. The SMILES string of the molecule is CC(C)N1C[C@@H](C(=O)NCc2nc3ccccc3s2)CC1=O. The van der Waals surface area contributed by atoms with Gasteiger partial charge in [0.15, 0.2) is 0 Å². The fourth-order valence-corrected chi connectivity index (χ4v) is 3.62. The van der Waals surface area contributed by atoms with Crippen LogP contribution in [0.5, 0.6) is 0 Å². The van der Waals surface area contributed by atoms with Crippen LogP contribution in [-0.2, 0) is 16.1 Å². The van der Waals surface area contributed by atoms with E-state index in [4.69, 9.17) is 0 Å². The second-order valence-corrected chi connectivity index (χ2v) is 6.95. The molecule has 0 unspecified atom stereocenters. The molecule has 1 aromatic carbocycles. The molecule has 1 aromatic heterocycles. The van der Waals surface area contributed by atoms with Crippen LogP contribution in [0.3, 0.4) is 0 Å². The molecule has 1 N–H and O–H groups in total. The first-order valence-electron chi connectivity index (χ1n) is 7.46. The van der Waals surface area contributed by atoms with Crippen LogP contribution < -0.4 is 5.32 Å². The largest absolute Gasteiger partial charge is 0.349 e. The third-order valence-corrected chi connectivity index (χ3v) is 4.94. The molecule has 6 heteroatoms. The van der Waals surface area contributed by atoms with Gasteiger partial charge in [0.1, 0.15) is 5.01 Å². The Hall–Kier alpha value is -1.95. The molecule has 1 aliphatic heterocycles. The number of hydrogen-bond acceptors (Lipinski definition) is 4. The average molecular weight is 317 g/mol. The molecule has 0 aliphatic carbocycles. The summed E-state index contributed by atoms with van der Waals surface area (Å²) < 4.78 is 1.12. The smallest absolute Gasteiger partial charge is 0.225 e. The first kappa shape index (κ1) is 15.0. The number of fused-ring (bicyclic) bond motifs is 1. The van der Waals surface area contributed by atoms with Crippen molar-refractivity contribution in [1.29, 1.82) is 0 Å². The molecule has 1 atom stereocenters. The van der Waals surface area contributed by atoms with Gasteiger partial charge < -0.3 is 10.2 Å². The second kappa shape index (κ2) is 6.04. The molecule has 2 aromatic rings. The summed E-state index contributed by atoms with van der Waals surface area (Å²) in [5.74, 6) is -0.241. The lowest BCUT2D eigenvalue weighted by Crippen LogP contribution is -2.35. The minimum Gasteiger partial charge on any atom is -0.349 e. The summed E-state index contributed by atoms with van der Waals surface area (Å²) in [4.78, 5) is 30.4. The van der Waals surface area contributed by atoms with Gasteiger partial charge in [-0.05, 0) is 26.0 Å². The van der Waals surface area contributed by atoms with Crippen molar-refractivity contribution in [3.63, 3.8) is 0 Å². The molecule has 0 spiro atoms. The van der Waals surface area contributed by atoms with Crippen molar-refractivity contribution in [2.75, 3.05) is 6.54 Å². The van der Waals surface area contributed by atoms with Crippen molar-refractivity contribution in [2.45, 2.75) is 32.9 Å². The van der Waals surface area contributed by atoms with E-state index in [1.807, 2.05) is 38.1 Å². The number of amides is 2. The number of benzene rings is 1. The van der Waals surface area contributed by atoms with Gasteiger partial charge in [0.25, 0.3) is 0 Å². The predicted molar refractivity (Wildman–Crippen MR) is 86.4 cm³/mol. The normalized spacial score (nSPS) is 18.4. The van der Waals surface area contributed by atoms with Crippen LogP contribution in [0.1, 0.15) is 25.3 Å². The fraction of sp³-hybridized carbons (Fsp3) is 0.438. The van der Waals surface area contributed by atoms with Crippen molar-refractivity contribution in [3.8, 4) is 0 Å². The van der Waals surface area contributed by atoms with Crippen LogP contribution in [0, 0.1) is 5.92 Å². The third-order valence-electron chi connectivity index (χ3n) is 3.90. The summed E-state index contributed by atoms with van der Waals surface area (Å²) in [6, 6.07) is 8.07. The maximum atomic E-state index is 12.2. The number of nitrogens with one attached hydrogen (secondary N) is 1. The number of para-hydroxylation sites is 1. The summed E-state index contributed by atoms with van der Waals surface area (Å²) in [5.41, 5.74) is 0.957. The van der Waals surface area contributed by atoms with E-state index < -0.39 is 0 Å². The fourth-order valence-electron chi connectivity index (χ4n) is 2.71. The first-order chi connectivity index (χ1) is 10.5. The van der Waals surface area contributed by atoms with Crippen molar-refractivity contribution in [3.05, 3.63) is 29.3 Å². The minimum absolute atomic E-state index is 0.0595. The zero-order chi connectivity index (χ0) is 15.7. The van der Waals surface area contributed by atoms with E-state index in [0.717, 1.165) is 15.2 Å². The number of nitrogens with zero attached hydrogens (tertiary/aromatic N) is 2. The zero-order valence-corrected chi connectivity index (χ0v) is 13.5. The van der Waals surface area contributed by atoms with Crippen LogP contribution >= 0.6 is 11.3 Å². The lowest BCUT2D eigenvalue weighted by atomic mass is 10.1. The van der Waals surface area contributed by atoms with E-state index >= 15 is 0 Å². The number of likely N-dealkylation sites (tertiary alicyclic amines) is 1. The summed E-state index contributed by atoms with van der Waals surface area (Å²) in [6.45, 7) is 4.88. The van der Waals surface area contributed by atoms with Gasteiger partial charge in [-0.1, -0.05) is 12.1 Å². The van der Waals surface area contributed by atoms with Gasteiger partial charge in [0.2, 0.25) is 11.8 Å². The van der Waals surface area contributed by atoms with Crippen molar-refractivity contribution in [2.24, 2.45) is 5.92 Å². The molecule has 2 heterocycles. The Labute approximate surface area is 133 Å². The highest BCUT2D eigenvalue weighted by atomic mass is 32.1. The Bertz CT molecular complexity index is 677. The molecule has 116 valence electrons. The van der Waals surface area contributed by atoms with E-state index in [0.29, 0.717) is 19.5 Å². The monoisotopic (exact) mass is 317 g/mol. The number of carbonyl (C=O) groups excluding carboxylic acids is 2. The zero-order valence-electron chi connectivity index (χ0n) is 12.7. The van der Waals surface area contributed by atoms with Gasteiger partial charge in [-0.3, -0.25) is 9.59 Å². The Morgan fingerprint density at radius 1 is 1.45 bits per heavy atom. The first-order valence-corrected chi connectivity index (χ1v) is 8.28. The Morgan fingerprint density at radius 2 is 2.23 bits per heavy atom. The van der Waals surface area contributed by atoms with Gasteiger partial charge in [0, 0.05) is 19.0 Å². The summed E-state index contributed by atoms with van der Waals surface area (Å²) in [5, 5.41) is 3.80. The summed E-state index contributed by atoms with van der Waals surface area (Å²) in [7, 11) is 0. The van der Waals surface area contributed by atoms with E-state index in [-0.39, 0.29) is 23.8 Å². The highest BCUT2D eigenvalue weighted by molar-refractivity contribution is 7.18. The van der Waals surface area contributed by atoms with E-state index in [2.05, 4.69) is 10.3 Å². The van der Waals surface area contributed by atoms with Gasteiger partial charge >= 0.3 is 0 Å². The summed E-state index contributed by atoms with van der Waals surface area (Å²) >= 11 is 1.58. The highest BCUT2D eigenvalue weighted by Gasteiger charge is 2.35. The van der Waals surface area contributed by atoms with Gasteiger partial charge in [0.05, 0.1) is 22.7 Å². The molecular weight excluding hydrogens is 298 g/mol. The molecule has 1 fully saturated rings. The quantitative estimate of drug-likeness (QED) is 0.940. The topological polar surface area (TPSA) is 62.3 Å². The van der Waals surface area contributed by atoms with E-state index in [1.165, 1.54) is 0 Å². The molecule has 3 rings (SSSR count). The molecular formula is C16H19N3O2S. The maximum Gasteiger partial charge on any atom is 0.225 e. The Kier molecular flexibility index (Phi) is 4.11. The lowest BCUT2D eigenvalue weighted by Gasteiger charge is -2.20. The molecule has 0 bridgehead atoms. The highest BCUT2D eigenvalue weighted by Crippen LogP contribution is 2.22. The third kappa shape index (κ3) is 2.97. The number of thiazole rings is 1. The van der Waals surface area contributed by atoms with Crippen LogP contribution in [0.2, 0.25) is 0 Å². The van der Waals surface area contributed by atoms with Crippen molar-refractivity contribution in [1.82, 2.24) is 15.2 Å². The van der Waals surface area contributed by atoms with Crippen LogP contribution in [0.25, 0.3) is 10.2 Å². The van der Waals surface area contributed by atoms with Gasteiger partial charge in [-0.25, -0.2) is 4.98 Å². The Balaban J connectivity index is 1.59. The number of aromatic nitrogens is 1. The van der Waals surface area contributed by atoms with Crippen molar-refractivity contribution >= 4 is 33.4 Å². The van der Waals surface area contributed by atoms with Gasteiger partial charge in [-0.15, -0.1) is 11.3 Å². The number of rotatable bonds is 4. The average Bonchev–Trinajstić information content (AvgIpc) is 3.07. The molecule has 2 amide bonds. The standard InChI is InChI=1S/C16H19N3O2S/c1-10(2)19-9-11(7-15(19)20)16(21)17-8-14-18-12-5-3-4-6-13(12)22-14/h3-6,10-11H,7-9H2,1-2H3,(H,17,21)/t11-/m0/s1. The number of hydrogen-bond donors (Lipinski definition) is 1. The molecule has 22 heavy (non-hydrogen) atoms. The van der Waals surface area contributed by atoms with E-state index in [9.17, 15) is 9.59 Å². The molecule has 1 aliphatic rings. The van der Waals surface area contributed by atoms with E-state index in [1.54, 1.807) is 16.2 Å². The minimum atomic E-state index is -0.246. The lowest BCUT2D eigenvalue weighted by molar-refractivity contribution is -0.129. The van der Waals surface area contributed by atoms with Gasteiger partial charge in [-0.2, -0.15) is 0 Å². The second-order valence-electron chi connectivity index (χ2n) is 5.83. The molecule has 0 saturated carbocycles.